The molecule has 0 spiro atoms. The number of amides is 1. The lowest BCUT2D eigenvalue weighted by molar-refractivity contribution is -0.384. The second-order valence-corrected chi connectivity index (χ2v) is 5.32. The van der Waals surface area contributed by atoms with Gasteiger partial charge >= 0.3 is 0 Å². The van der Waals surface area contributed by atoms with Crippen LogP contribution in [0.1, 0.15) is 31.2 Å². The quantitative estimate of drug-likeness (QED) is 0.665. The standard InChI is InChI=1S/C15H21N3O3/c19-15(17-9-3-1-2-4-10-17)12-16-11-13-5-7-14(8-6-13)18(20)21/h5-8,16H,1-4,9-12H2. The van der Waals surface area contributed by atoms with Crippen LogP contribution in [0.15, 0.2) is 24.3 Å². The lowest BCUT2D eigenvalue weighted by atomic mass is 10.2. The topological polar surface area (TPSA) is 75.5 Å². The predicted molar refractivity (Wildman–Crippen MR) is 79.9 cm³/mol. The molecule has 1 aromatic carbocycles. The van der Waals surface area contributed by atoms with Gasteiger partial charge in [-0.3, -0.25) is 14.9 Å². The summed E-state index contributed by atoms with van der Waals surface area (Å²) in [5, 5.41) is 13.7. The molecule has 1 saturated heterocycles. The first-order chi connectivity index (χ1) is 10.2. The molecule has 0 radical (unpaired) electrons. The SMILES string of the molecule is O=C(CNCc1ccc([N+](=O)[O-])cc1)N1CCCCCC1. The Morgan fingerprint density at radius 2 is 1.76 bits per heavy atom. The molecule has 1 fully saturated rings. The second-order valence-electron chi connectivity index (χ2n) is 5.32. The number of likely N-dealkylation sites (tertiary alicyclic amines) is 1. The number of hydrogen-bond acceptors (Lipinski definition) is 4. The molecule has 21 heavy (non-hydrogen) atoms. The van der Waals surface area contributed by atoms with E-state index in [1.54, 1.807) is 12.1 Å². The van der Waals surface area contributed by atoms with E-state index in [4.69, 9.17) is 0 Å². The smallest absolute Gasteiger partial charge is 0.269 e. The van der Waals surface area contributed by atoms with E-state index in [2.05, 4.69) is 5.32 Å². The Morgan fingerprint density at radius 3 is 2.33 bits per heavy atom. The van der Waals surface area contributed by atoms with Crippen molar-refractivity contribution < 1.29 is 9.72 Å². The van der Waals surface area contributed by atoms with E-state index in [-0.39, 0.29) is 11.6 Å². The summed E-state index contributed by atoms with van der Waals surface area (Å²) in [4.78, 5) is 24.1. The van der Waals surface area contributed by atoms with Crippen LogP contribution in [0, 0.1) is 10.1 Å². The maximum atomic E-state index is 12.1. The molecule has 0 atom stereocenters. The van der Waals surface area contributed by atoms with Gasteiger partial charge in [-0.2, -0.15) is 0 Å². The van der Waals surface area contributed by atoms with E-state index < -0.39 is 4.92 Å². The van der Waals surface area contributed by atoms with Crippen molar-refractivity contribution in [1.29, 1.82) is 0 Å². The summed E-state index contributed by atoms with van der Waals surface area (Å²) >= 11 is 0. The summed E-state index contributed by atoms with van der Waals surface area (Å²) < 4.78 is 0. The van der Waals surface area contributed by atoms with E-state index in [0.717, 1.165) is 31.5 Å². The molecule has 0 aliphatic carbocycles. The van der Waals surface area contributed by atoms with E-state index in [9.17, 15) is 14.9 Å². The summed E-state index contributed by atoms with van der Waals surface area (Å²) in [6, 6.07) is 6.38. The molecule has 0 bridgehead atoms. The summed E-state index contributed by atoms with van der Waals surface area (Å²) in [5.41, 5.74) is 1.02. The van der Waals surface area contributed by atoms with Crippen molar-refractivity contribution in [2.45, 2.75) is 32.2 Å². The van der Waals surface area contributed by atoms with E-state index in [0.29, 0.717) is 13.1 Å². The molecule has 6 heteroatoms. The molecule has 0 saturated carbocycles. The van der Waals surface area contributed by atoms with Crippen molar-refractivity contribution in [3.05, 3.63) is 39.9 Å². The van der Waals surface area contributed by atoms with Gasteiger partial charge in [0, 0.05) is 31.8 Å². The lowest BCUT2D eigenvalue weighted by Crippen LogP contribution is -2.38. The minimum atomic E-state index is -0.417. The number of nitrogens with one attached hydrogen (secondary N) is 1. The maximum Gasteiger partial charge on any atom is 0.269 e. The molecule has 2 rings (SSSR count). The van der Waals surface area contributed by atoms with Crippen LogP contribution in [0.3, 0.4) is 0 Å². The van der Waals surface area contributed by atoms with Crippen molar-refractivity contribution in [2.75, 3.05) is 19.6 Å². The van der Waals surface area contributed by atoms with Crippen molar-refractivity contribution in [3.8, 4) is 0 Å². The first-order valence-corrected chi connectivity index (χ1v) is 7.38. The highest BCUT2D eigenvalue weighted by Crippen LogP contribution is 2.12. The molecule has 1 heterocycles. The summed E-state index contributed by atoms with van der Waals surface area (Å²) in [5.74, 6) is 0.138. The van der Waals surface area contributed by atoms with Crippen LogP contribution < -0.4 is 5.32 Å². The predicted octanol–water partition coefficient (Wildman–Crippen LogP) is 2.09. The molecule has 0 aromatic heterocycles. The minimum absolute atomic E-state index is 0.0828. The highest BCUT2D eigenvalue weighted by molar-refractivity contribution is 5.78. The minimum Gasteiger partial charge on any atom is -0.342 e. The third-order valence-electron chi connectivity index (χ3n) is 3.71. The first kappa shape index (κ1) is 15.4. The van der Waals surface area contributed by atoms with Crippen molar-refractivity contribution in [3.63, 3.8) is 0 Å². The maximum absolute atomic E-state index is 12.1. The van der Waals surface area contributed by atoms with Gasteiger partial charge in [0.25, 0.3) is 5.69 Å². The Bertz CT molecular complexity index is 479. The van der Waals surface area contributed by atoms with E-state index >= 15 is 0 Å². The molecule has 1 N–H and O–H groups in total. The fraction of sp³-hybridized carbons (Fsp3) is 0.533. The Balaban J connectivity index is 1.75. The highest BCUT2D eigenvalue weighted by Gasteiger charge is 2.14. The average molecular weight is 291 g/mol. The largest absolute Gasteiger partial charge is 0.342 e. The van der Waals surface area contributed by atoms with Gasteiger partial charge in [0.1, 0.15) is 0 Å². The zero-order valence-electron chi connectivity index (χ0n) is 12.1. The number of nitro benzene ring substituents is 1. The Kier molecular flexibility index (Phi) is 5.68. The number of carbonyl (C=O) groups excluding carboxylic acids is 1. The number of nitrogens with zero attached hydrogens (tertiary/aromatic N) is 2. The summed E-state index contributed by atoms with van der Waals surface area (Å²) in [6.07, 6.45) is 4.60. The van der Waals surface area contributed by atoms with Gasteiger partial charge in [-0.1, -0.05) is 25.0 Å². The van der Waals surface area contributed by atoms with Crippen LogP contribution in [0.2, 0.25) is 0 Å². The summed E-state index contributed by atoms with van der Waals surface area (Å²) in [6.45, 7) is 2.57. The second kappa shape index (κ2) is 7.73. The van der Waals surface area contributed by atoms with Gasteiger partial charge in [-0.05, 0) is 18.4 Å². The fourth-order valence-electron chi connectivity index (χ4n) is 2.48. The average Bonchev–Trinajstić information content (AvgIpc) is 2.77. The molecular formula is C15H21N3O3. The number of nitro groups is 1. The van der Waals surface area contributed by atoms with Crippen LogP contribution in [-0.2, 0) is 11.3 Å². The zero-order valence-corrected chi connectivity index (χ0v) is 12.1. The molecule has 1 aliphatic heterocycles. The van der Waals surface area contributed by atoms with Crippen molar-refractivity contribution in [2.24, 2.45) is 0 Å². The molecular weight excluding hydrogens is 270 g/mol. The van der Waals surface area contributed by atoms with Crippen molar-refractivity contribution >= 4 is 11.6 Å². The number of benzene rings is 1. The number of hydrogen-bond donors (Lipinski definition) is 1. The zero-order chi connectivity index (χ0) is 15.1. The van der Waals surface area contributed by atoms with Gasteiger partial charge in [-0.25, -0.2) is 0 Å². The van der Waals surface area contributed by atoms with Crippen LogP contribution in [0.4, 0.5) is 5.69 Å². The number of non-ortho nitro benzene ring substituents is 1. The Hall–Kier alpha value is -1.95. The van der Waals surface area contributed by atoms with Gasteiger partial charge < -0.3 is 10.2 Å². The molecule has 1 aromatic rings. The number of rotatable bonds is 5. The Labute approximate surface area is 124 Å². The van der Waals surface area contributed by atoms with Gasteiger partial charge in [-0.15, -0.1) is 0 Å². The van der Waals surface area contributed by atoms with Gasteiger partial charge in [0.05, 0.1) is 11.5 Å². The van der Waals surface area contributed by atoms with Crippen LogP contribution in [0.5, 0.6) is 0 Å². The monoisotopic (exact) mass is 291 g/mol. The highest BCUT2D eigenvalue weighted by atomic mass is 16.6. The normalized spacial score (nSPS) is 15.5. The molecule has 1 aliphatic rings. The number of carbonyl (C=O) groups is 1. The van der Waals surface area contributed by atoms with Crippen LogP contribution >= 0.6 is 0 Å². The molecule has 6 nitrogen and oxygen atoms in total. The fourth-order valence-corrected chi connectivity index (χ4v) is 2.48. The van der Waals surface area contributed by atoms with Gasteiger partial charge in [0.15, 0.2) is 0 Å². The van der Waals surface area contributed by atoms with Crippen molar-refractivity contribution in [1.82, 2.24) is 10.2 Å². The van der Waals surface area contributed by atoms with E-state index in [1.165, 1.54) is 25.0 Å². The lowest BCUT2D eigenvalue weighted by Gasteiger charge is -2.20. The van der Waals surface area contributed by atoms with E-state index in [1.807, 2.05) is 4.90 Å². The molecule has 0 unspecified atom stereocenters. The van der Waals surface area contributed by atoms with Crippen LogP contribution in [-0.4, -0.2) is 35.4 Å². The molecule has 1 amide bonds. The Morgan fingerprint density at radius 1 is 1.14 bits per heavy atom. The van der Waals surface area contributed by atoms with Gasteiger partial charge in [0.2, 0.25) is 5.91 Å². The molecule has 114 valence electrons. The summed E-state index contributed by atoms with van der Waals surface area (Å²) in [7, 11) is 0. The third-order valence-corrected chi connectivity index (χ3v) is 3.71. The first-order valence-electron chi connectivity index (χ1n) is 7.38. The van der Waals surface area contributed by atoms with Crippen LogP contribution in [0.25, 0.3) is 0 Å². The third kappa shape index (κ3) is 4.82.